The SMILES string of the molecule is CC(C)c1ncc(NCC(C)C(C)C)c(C(=O)O)n1. The van der Waals surface area contributed by atoms with Crippen molar-refractivity contribution in [1.82, 2.24) is 9.97 Å². The van der Waals surface area contributed by atoms with Crippen LogP contribution in [0.4, 0.5) is 5.69 Å². The van der Waals surface area contributed by atoms with E-state index < -0.39 is 5.97 Å². The average molecular weight is 265 g/mol. The second-order valence-electron chi connectivity index (χ2n) is 5.55. The lowest BCUT2D eigenvalue weighted by atomic mass is 9.98. The molecule has 1 atom stereocenters. The normalized spacial score (nSPS) is 12.8. The predicted octanol–water partition coefficient (Wildman–Crippen LogP) is 3.00. The zero-order chi connectivity index (χ0) is 14.6. The summed E-state index contributed by atoms with van der Waals surface area (Å²) in [6, 6.07) is 0. The molecule has 1 rings (SSSR count). The Morgan fingerprint density at radius 1 is 1.32 bits per heavy atom. The third-order valence-corrected chi connectivity index (χ3v) is 3.28. The topological polar surface area (TPSA) is 75.1 Å². The molecular weight excluding hydrogens is 242 g/mol. The molecule has 0 aliphatic carbocycles. The number of carboxylic acid groups (broad SMARTS) is 1. The first-order valence-electron chi connectivity index (χ1n) is 6.67. The molecule has 2 N–H and O–H groups in total. The van der Waals surface area contributed by atoms with Crippen LogP contribution in [0.1, 0.15) is 56.8 Å². The monoisotopic (exact) mass is 265 g/mol. The highest BCUT2D eigenvalue weighted by molar-refractivity contribution is 5.91. The fraction of sp³-hybridized carbons (Fsp3) is 0.643. The first-order valence-corrected chi connectivity index (χ1v) is 6.67. The fourth-order valence-electron chi connectivity index (χ4n) is 1.47. The predicted molar refractivity (Wildman–Crippen MR) is 75.6 cm³/mol. The van der Waals surface area contributed by atoms with Crippen LogP contribution in [0.3, 0.4) is 0 Å². The highest BCUT2D eigenvalue weighted by Gasteiger charge is 2.16. The van der Waals surface area contributed by atoms with E-state index in [1.54, 1.807) is 6.20 Å². The molecule has 19 heavy (non-hydrogen) atoms. The number of carboxylic acids is 1. The number of anilines is 1. The van der Waals surface area contributed by atoms with E-state index in [1.807, 2.05) is 13.8 Å². The van der Waals surface area contributed by atoms with Crippen LogP contribution in [0.15, 0.2) is 6.20 Å². The molecule has 106 valence electrons. The number of aromatic carboxylic acids is 1. The Labute approximate surface area is 114 Å². The molecule has 1 unspecified atom stereocenters. The zero-order valence-electron chi connectivity index (χ0n) is 12.3. The Balaban J connectivity index is 2.91. The molecule has 5 nitrogen and oxygen atoms in total. The van der Waals surface area contributed by atoms with Crippen molar-refractivity contribution in [3.8, 4) is 0 Å². The Bertz CT molecular complexity index is 444. The van der Waals surface area contributed by atoms with E-state index in [2.05, 4.69) is 36.1 Å². The number of hydrogen-bond acceptors (Lipinski definition) is 4. The van der Waals surface area contributed by atoms with Crippen LogP contribution in [-0.4, -0.2) is 27.6 Å². The summed E-state index contributed by atoms with van der Waals surface area (Å²) in [5, 5.41) is 12.4. The van der Waals surface area contributed by atoms with Gasteiger partial charge in [-0.05, 0) is 11.8 Å². The highest BCUT2D eigenvalue weighted by Crippen LogP contribution is 2.18. The van der Waals surface area contributed by atoms with Crippen LogP contribution in [0.5, 0.6) is 0 Å². The summed E-state index contributed by atoms with van der Waals surface area (Å²) in [6.07, 6.45) is 1.57. The fourth-order valence-corrected chi connectivity index (χ4v) is 1.47. The van der Waals surface area contributed by atoms with Crippen LogP contribution >= 0.6 is 0 Å². The van der Waals surface area contributed by atoms with E-state index in [1.165, 1.54) is 0 Å². The van der Waals surface area contributed by atoms with Crippen molar-refractivity contribution in [1.29, 1.82) is 0 Å². The van der Waals surface area contributed by atoms with Gasteiger partial charge in [-0.2, -0.15) is 0 Å². The van der Waals surface area contributed by atoms with Gasteiger partial charge in [0.05, 0.1) is 11.9 Å². The van der Waals surface area contributed by atoms with Gasteiger partial charge in [0.1, 0.15) is 5.82 Å². The standard InChI is InChI=1S/C14H23N3O2/c1-8(2)10(5)6-15-11-7-16-13(9(3)4)17-12(11)14(18)19/h7-10,15H,6H2,1-5H3,(H,18,19). The van der Waals surface area contributed by atoms with Gasteiger partial charge >= 0.3 is 5.97 Å². The van der Waals surface area contributed by atoms with Gasteiger partial charge in [0.25, 0.3) is 0 Å². The van der Waals surface area contributed by atoms with E-state index in [9.17, 15) is 9.90 Å². The van der Waals surface area contributed by atoms with Crippen LogP contribution < -0.4 is 5.32 Å². The molecule has 5 heteroatoms. The minimum absolute atomic E-state index is 0.0506. The molecule has 1 heterocycles. The van der Waals surface area contributed by atoms with Gasteiger partial charge in [0, 0.05) is 12.5 Å². The highest BCUT2D eigenvalue weighted by atomic mass is 16.4. The molecule has 0 aromatic carbocycles. The number of aromatic nitrogens is 2. The van der Waals surface area contributed by atoms with Gasteiger partial charge in [0.15, 0.2) is 5.69 Å². The van der Waals surface area contributed by atoms with Crippen molar-refractivity contribution in [2.75, 3.05) is 11.9 Å². The third kappa shape index (κ3) is 4.19. The smallest absolute Gasteiger partial charge is 0.356 e. The minimum Gasteiger partial charge on any atom is -0.476 e. The molecule has 0 fully saturated rings. The van der Waals surface area contributed by atoms with Gasteiger partial charge in [-0.1, -0.05) is 34.6 Å². The summed E-state index contributed by atoms with van der Waals surface area (Å²) >= 11 is 0. The second kappa shape index (κ2) is 6.50. The molecule has 0 amide bonds. The first-order chi connectivity index (χ1) is 8.82. The average Bonchev–Trinajstić information content (AvgIpc) is 2.35. The van der Waals surface area contributed by atoms with Crippen LogP contribution in [-0.2, 0) is 0 Å². The first kappa shape index (κ1) is 15.4. The number of carbonyl (C=O) groups is 1. The number of rotatable bonds is 6. The van der Waals surface area contributed by atoms with Crippen molar-refractivity contribution in [3.63, 3.8) is 0 Å². The maximum Gasteiger partial charge on any atom is 0.356 e. The molecule has 0 spiro atoms. The molecular formula is C14H23N3O2. The Morgan fingerprint density at radius 2 is 1.95 bits per heavy atom. The second-order valence-corrected chi connectivity index (χ2v) is 5.55. The van der Waals surface area contributed by atoms with E-state index in [0.29, 0.717) is 29.9 Å². The summed E-state index contributed by atoms with van der Waals surface area (Å²) in [7, 11) is 0. The maximum atomic E-state index is 11.2. The summed E-state index contributed by atoms with van der Waals surface area (Å²) in [4.78, 5) is 19.6. The molecule has 1 aromatic heterocycles. The van der Waals surface area contributed by atoms with E-state index in [-0.39, 0.29) is 11.6 Å². The lowest BCUT2D eigenvalue weighted by molar-refractivity contribution is 0.0691. The molecule has 0 aliphatic heterocycles. The Kier molecular flexibility index (Phi) is 5.27. The van der Waals surface area contributed by atoms with Crippen molar-refractivity contribution < 1.29 is 9.90 Å². The number of nitrogens with one attached hydrogen (secondary N) is 1. The Morgan fingerprint density at radius 3 is 2.42 bits per heavy atom. The largest absolute Gasteiger partial charge is 0.476 e. The maximum absolute atomic E-state index is 11.2. The van der Waals surface area contributed by atoms with Crippen molar-refractivity contribution in [2.24, 2.45) is 11.8 Å². The molecule has 0 saturated heterocycles. The van der Waals surface area contributed by atoms with Crippen molar-refractivity contribution in [2.45, 2.75) is 40.5 Å². The van der Waals surface area contributed by atoms with Gasteiger partial charge in [-0.25, -0.2) is 14.8 Å². The van der Waals surface area contributed by atoms with E-state index >= 15 is 0 Å². The third-order valence-electron chi connectivity index (χ3n) is 3.28. The van der Waals surface area contributed by atoms with Gasteiger partial charge in [-0.15, -0.1) is 0 Å². The summed E-state index contributed by atoms with van der Waals surface area (Å²) in [6.45, 7) is 11.0. The number of nitrogens with zero attached hydrogens (tertiary/aromatic N) is 2. The lowest BCUT2D eigenvalue weighted by Crippen LogP contribution is -2.19. The Hall–Kier alpha value is -1.65. The van der Waals surface area contributed by atoms with Crippen LogP contribution in [0.25, 0.3) is 0 Å². The quantitative estimate of drug-likeness (QED) is 0.827. The molecule has 0 saturated carbocycles. The molecule has 0 aliphatic rings. The molecule has 0 radical (unpaired) electrons. The summed E-state index contributed by atoms with van der Waals surface area (Å²) < 4.78 is 0. The van der Waals surface area contributed by atoms with Gasteiger partial charge in [-0.3, -0.25) is 0 Å². The van der Waals surface area contributed by atoms with Crippen molar-refractivity contribution >= 4 is 11.7 Å². The van der Waals surface area contributed by atoms with Crippen molar-refractivity contribution in [3.05, 3.63) is 17.7 Å². The molecule has 0 bridgehead atoms. The van der Waals surface area contributed by atoms with E-state index in [0.717, 1.165) is 0 Å². The van der Waals surface area contributed by atoms with Crippen LogP contribution in [0, 0.1) is 11.8 Å². The summed E-state index contributed by atoms with van der Waals surface area (Å²) in [5.74, 6) is 0.633. The molecule has 1 aromatic rings. The zero-order valence-corrected chi connectivity index (χ0v) is 12.3. The van der Waals surface area contributed by atoms with Crippen LogP contribution in [0.2, 0.25) is 0 Å². The van der Waals surface area contributed by atoms with Gasteiger partial charge < -0.3 is 10.4 Å². The van der Waals surface area contributed by atoms with Gasteiger partial charge in [0.2, 0.25) is 0 Å². The van der Waals surface area contributed by atoms with E-state index in [4.69, 9.17) is 0 Å². The summed E-state index contributed by atoms with van der Waals surface area (Å²) in [5.41, 5.74) is 0.541. The number of hydrogen-bond donors (Lipinski definition) is 2. The minimum atomic E-state index is -1.02. The lowest BCUT2D eigenvalue weighted by Gasteiger charge is -2.17.